The van der Waals surface area contributed by atoms with E-state index in [4.69, 9.17) is 9.47 Å². The first-order chi connectivity index (χ1) is 15.0. The number of benzene rings is 2. The molecule has 0 aliphatic heterocycles. The molecule has 1 aliphatic carbocycles. The molecule has 0 aromatic heterocycles. The van der Waals surface area contributed by atoms with Crippen LogP contribution >= 0.6 is 0 Å². The molecule has 2 aromatic rings. The minimum atomic E-state index is -0.601. The van der Waals surface area contributed by atoms with Crippen molar-refractivity contribution < 1.29 is 19.1 Å². The number of nitrogens with zero attached hydrogens (tertiary/aromatic N) is 1. The van der Waals surface area contributed by atoms with Crippen molar-refractivity contribution in [3.63, 3.8) is 0 Å². The van der Waals surface area contributed by atoms with E-state index in [2.05, 4.69) is 5.32 Å². The molecule has 0 saturated heterocycles. The van der Waals surface area contributed by atoms with Gasteiger partial charge in [0.05, 0.1) is 7.11 Å². The molecule has 0 spiro atoms. The van der Waals surface area contributed by atoms with Gasteiger partial charge in [-0.3, -0.25) is 9.59 Å². The molecule has 31 heavy (non-hydrogen) atoms. The van der Waals surface area contributed by atoms with Crippen LogP contribution in [-0.4, -0.2) is 42.5 Å². The van der Waals surface area contributed by atoms with Gasteiger partial charge in [-0.05, 0) is 56.0 Å². The summed E-state index contributed by atoms with van der Waals surface area (Å²) in [6.07, 6.45) is 4.28. The Morgan fingerprint density at radius 1 is 1.10 bits per heavy atom. The van der Waals surface area contributed by atoms with Crippen LogP contribution in [0.5, 0.6) is 11.5 Å². The maximum atomic E-state index is 13.1. The fraction of sp³-hybridized carbons (Fsp3) is 0.440. The van der Waals surface area contributed by atoms with Crippen LogP contribution in [0.2, 0.25) is 0 Å². The molecule has 3 rings (SSSR count). The first-order valence-corrected chi connectivity index (χ1v) is 10.9. The Kier molecular flexibility index (Phi) is 7.93. The van der Waals surface area contributed by atoms with E-state index in [0.717, 1.165) is 42.6 Å². The first-order valence-electron chi connectivity index (χ1n) is 10.9. The molecule has 1 fully saturated rings. The lowest BCUT2D eigenvalue weighted by Gasteiger charge is -2.29. The quantitative estimate of drug-likeness (QED) is 0.664. The number of nitrogens with one attached hydrogen (secondary N) is 1. The van der Waals surface area contributed by atoms with Gasteiger partial charge in [-0.2, -0.15) is 0 Å². The van der Waals surface area contributed by atoms with E-state index in [1.807, 2.05) is 55.5 Å². The molecule has 2 amide bonds. The van der Waals surface area contributed by atoms with Crippen molar-refractivity contribution in [2.24, 2.45) is 0 Å². The van der Waals surface area contributed by atoms with E-state index in [0.29, 0.717) is 12.3 Å². The van der Waals surface area contributed by atoms with Crippen LogP contribution in [0.4, 0.5) is 0 Å². The molecule has 0 unspecified atom stereocenters. The highest BCUT2D eigenvalue weighted by atomic mass is 16.5. The molecule has 1 atom stereocenters. The maximum absolute atomic E-state index is 13.1. The molecule has 0 radical (unpaired) electrons. The SMILES string of the molecule is COc1ccc(CN(C(=O)COc2ccccc2C)[C@H](C)C(=O)NC2CCCC2)cc1. The average Bonchev–Trinajstić information content (AvgIpc) is 3.29. The first kappa shape index (κ1) is 22.7. The van der Waals surface area contributed by atoms with Crippen LogP contribution in [0.25, 0.3) is 0 Å². The van der Waals surface area contributed by atoms with E-state index in [1.54, 1.807) is 18.9 Å². The van der Waals surface area contributed by atoms with E-state index in [-0.39, 0.29) is 24.5 Å². The zero-order chi connectivity index (χ0) is 22.2. The number of rotatable bonds is 9. The van der Waals surface area contributed by atoms with Crippen molar-refractivity contribution in [3.05, 3.63) is 59.7 Å². The van der Waals surface area contributed by atoms with Crippen molar-refractivity contribution in [1.82, 2.24) is 10.2 Å². The maximum Gasteiger partial charge on any atom is 0.261 e. The van der Waals surface area contributed by atoms with Crippen molar-refractivity contribution in [3.8, 4) is 11.5 Å². The topological polar surface area (TPSA) is 67.9 Å². The van der Waals surface area contributed by atoms with Gasteiger partial charge in [0.25, 0.3) is 5.91 Å². The van der Waals surface area contributed by atoms with Gasteiger partial charge in [-0.1, -0.05) is 43.2 Å². The Balaban J connectivity index is 1.72. The van der Waals surface area contributed by atoms with Crippen LogP contribution in [0.3, 0.4) is 0 Å². The Hall–Kier alpha value is -3.02. The van der Waals surface area contributed by atoms with E-state index in [1.165, 1.54) is 0 Å². The molecule has 166 valence electrons. The summed E-state index contributed by atoms with van der Waals surface area (Å²) in [6.45, 7) is 3.91. The molecule has 6 heteroatoms. The highest BCUT2D eigenvalue weighted by molar-refractivity contribution is 5.88. The molecule has 6 nitrogen and oxygen atoms in total. The third-order valence-corrected chi connectivity index (χ3v) is 5.83. The third kappa shape index (κ3) is 6.23. The largest absolute Gasteiger partial charge is 0.497 e. The number of aryl methyl sites for hydroxylation is 1. The van der Waals surface area contributed by atoms with Crippen molar-refractivity contribution in [1.29, 1.82) is 0 Å². The summed E-state index contributed by atoms with van der Waals surface area (Å²) in [5.74, 6) is 1.07. The summed E-state index contributed by atoms with van der Waals surface area (Å²) in [6, 6.07) is 14.7. The van der Waals surface area contributed by atoms with Gasteiger partial charge >= 0.3 is 0 Å². The number of carbonyl (C=O) groups is 2. The number of hydrogen-bond donors (Lipinski definition) is 1. The normalized spacial score (nSPS) is 14.7. The number of ether oxygens (including phenoxy) is 2. The lowest BCUT2D eigenvalue weighted by Crippen LogP contribution is -2.50. The predicted octanol–water partition coefficient (Wildman–Crippen LogP) is 3.86. The molecule has 1 N–H and O–H groups in total. The monoisotopic (exact) mass is 424 g/mol. The lowest BCUT2D eigenvalue weighted by molar-refractivity contribution is -0.142. The van der Waals surface area contributed by atoms with Crippen LogP contribution in [0, 0.1) is 6.92 Å². The standard InChI is InChI=1S/C25H32N2O4/c1-18-8-4-7-11-23(18)31-17-24(28)27(16-20-12-14-22(30-3)15-13-20)19(2)25(29)26-21-9-5-6-10-21/h4,7-8,11-15,19,21H,5-6,9-10,16-17H2,1-3H3,(H,26,29)/t19-/m1/s1. The number of hydrogen-bond acceptors (Lipinski definition) is 4. The predicted molar refractivity (Wildman–Crippen MR) is 120 cm³/mol. The molecule has 0 heterocycles. The number of methoxy groups -OCH3 is 1. The van der Waals surface area contributed by atoms with E-state index < -0.39 is 6.04 Å². The van der Waals surface area contributed by atoms with Crippen LogP contribution in [0.1, 0.15) is 43.7 Å². The minimum absolute atomic E-state index is 0.121. The Morgan fingerprint density at radius 2 is 1.77 bits per heavy atom. The van der Waals surface area contributed by atoms with Crippen molar-refractivity contribution in [2.75, 3.05) is 13.7 Å². The Bertz CT molecular complexity index is 875. The Morgan fingerprint density at radius 3 is 2.42 bits per heavy atom. The second-order valence-electron chi connectivity index (χ2n) is 8.09. The highest BCUT2D eigenvalue weighted by Crippen LogP contribution is 2.20. The molecule has 1 saturated carbocycles. The third-order valence-electron chi connectivity index (χ3n) is 5.83. The zero-order valence-electron chi connectivity index (χ0n) is 18.6. The van der Waals surface area contributed by atoms with E-state index in [9.17, 15) is 9.59 Å². The molecule has 0 bridgehead atoms. The van der Waals surface area contributed by atoms with E-state index >= 15 is 0 Å². The van der Waals surface area contributed by atoms with Crippen molar-refractivity contribution >= 4 is 11.8 Å². The van der Waals surface area contributed by atoms with Gasteiger partial charge in [0.1, 0.15) is 17.5 Å². The van der Waals surface area contributed by atoms with Gasteiger partial charge in [0, 0.05) is 12.6 Å². The molecule has 2 aromatic carbocycles. The summed E-state index contributed by atoms with van der Waals surface area (Å²) in [4.78, 5) is 27.6. The summed E-state index contributed by atoms with van der Waals surface area (Å²) < 4.78 is 11.0. The fourth-order valence-corrected chi connectivity index (χ4v) is 3.84. The molecular formula is C25H32N2O4. The number of para-hydroxylation sites is 1. The minimum Gasteiger partial charge on any atom is -0.497 e. The second-order valence-corrected chi connectivity index (χ2v) is 8.09. The van der Waals surface area contributed by atoms with Gasteiger partial charge in [0.2, 0.25) is 5.91 Å². The van der Waals surface area contributed by atoms with Gasteiger partial charge in [-0.15, -0.1) is 0 Å². The fourth-order valence-electron chi connectivity index (χ4n) is 3.84. The van der Waals surface area contributed by atoms with Crippen LogP contribution in [-0.2, 0) is 16.1 Å². The smallest absolute Gasteiger partial charge is 0.261 e. The van der Waals surface area contributed by atoms with Crippen molar-refractivity contribution in [2.45, 2.75) is 58.2 Å². The Labute approximate surface area is 184 Å². The van der Waals surface area contributed by atoms with Gasteiger partial charge in [0.15, 0.2) is 6.61 Å². The second kappa shape index (κ2) is 10.8. The lowest BCUT2D eigenvalue weighted by atomic mass is 10.1. The molecular weight excluding hydrogens is 392 g/mol. The zero-order valence-corrected chi connectivity index (χ0v) is 18.6. The van der Waals surface area contributed by atoms with Gasteiger partial charge in [-0.25, -0.2) is 0 Å². The van der Waals surface area contributed by atoms with Gasteiger partial charge < -0.3 is 19.7 Å². The summed E-state index contributed by atoms with van der Waals surface area (Å²) in [7, 11) is 1.61. The van der Waals surface area contributed by atoms with Crippen LogP contribution in [0.15, 0.2) is 48.5 Å². The summed E-state index contributed by atoms with van der Waals surface area (Å²) >= 11 is 0. The summed E-state index contributed by atoms with van der Waals surface area (Å²) in [5, 5.41) is 3.11. The highest BCUT2D eigenvalue weighted by Gasteiger charge is 2.28. The average molecular weight is 425 g/mol. The molecule has 1 aliphatic rings. The summed E-state index contributed by atoms with van der Waals surface area (Å²) in [5.41, 5.74) is 1.88. The number of carbonyl (C=O) groups excluding carboxylic acids is 2. The number of amides is 2. The van der Waals surface area contributed by atoms with Crippen LogP contribution < -0.4 is 14.8 Å².